The van der Waals surface area contributed by atoms with Gasteiger partial charge >= 0.3 is 12.1 Å². The molecule has 1 aromatic heterocycles. The Labute approximate surface area is 238 Å². The van der Waals surface area contributed by atoms with Gasteiger partial charge in [-0.3, -0.25) is 0 Å². The predicted octanol–water partition coefficient (Wildman–Crippen LogP) is 4.22. The van der Waals surface area contributed by atoms with Gasteiger partial charge in [0.25, 0.3) is 0 Å². The Morgan fingerprint density at radius 2 is 1.77 bits per heavy atom. The molecule has 1 aromatic carbocycles. The molecule has 3 heterocycles. The molecule has 40 heavy (non-hydrogen) atoms. The molecule has 0 bridgehead atoms. The number of amides is 1. The molecule has 1 amide bonds. The molecule has 2 aliphatic rings. The Bertz CT molecular complexity index is 1210. The molecule has 10 heteroatoms. The van der Waals surface area contributed by atoms with Crippen molar-refractivity contribution in [3.63, 3.8) is 0 Å². The normalized spacial score (nSPS) is 18.1. The highest BCUT2D eigenvalue weighted by Gasteiger charge is 2.34. The monoisotopic (exact) mass is 552 g/mol. The molecule has 4 rings (SSSR count). The maximum Gasteiger partial charge on any atom is 0.410 e. The van der Waals surface area contributed by atoms with E-state index in [-0.39, 0.29) is 18.1 Å². The summed E-state index contributed by atoms with van der Waals surface area (Å²) in [5, 5.41) is 0. The number of anilines is 2. The predicted molar refractivity (Wildman–Crippen MR) is 157 cm³/mol. The first-order valence-corrected chi connectivity index (χ1v) is 14.3. The average Bonchev–Trinajstić information content (AvgIpc) is 3.40. The summed E-state index contributed by atoms with van der Waals surface area (Å²) in [7, 11) is 2.13. The van der Waals surface area contributed by atoms with Gasteiger partial charge in [-0.2, -0.15) is 0 Å². The quantitative estimate of drug-likeness (QED) is 0.468. The molecule has 1 atom stereocenters. The fourth-order valence-corrected chi connectivity index (χ4v) is 5.39. The molecule has 0 N–H and O–H groups in total. The number of ether oxygens (including phenoxy) is 2. The number of esters is 1. The van der Waals surface area contributed by atoms with Crippen LogP contribution in [0, 0.1) is 6.92 Å². The largest absolute Gasteiger partial charge is 0.462 e. The van der Waals surface area contributed by atoms with Gasteiger partial charge in [-0.1, -0.05) is 0 Å². The number of carbonyl (C=O) groups is 2. The van der Waals surface area contributed by atoms with Gasteiger partial charge < -0.3 is 29.1 Å². The summed E-state index contributed by atoms with van der Waals surface area (Å²) in [4.78, 5) is 43.6. The number of hydrogen-bond acceptors (Lipinski definition) is 9. The maximum absolute atomic E-state index is 13.1. The Morgan fingerprint density at radius 3 is 2.42 bits per heavy atom. The Hall–Kier alpha value is -3.40. The van der Waals surface area contributed by atoms with E-state index in [2.05, 4.69) is 44.7 Å². The zero-order valence-electron chi connectivity index (χ0n) is 25.1. The summed E-state index contributed by atoms with van der Waals surface area (Å²) >= 11 is 0. The van der Waals surface area contributed by atoms with E-state index in [1.165, 1.54) is 0 Å². The van der Waals surface area contributed by atoms with E-state index in [4.69, 9.17) is 9.47 Å². The molecule has 1 unspecified atom stereocenters. The number of nitrogens with zero attached hydrogens (tertiary/aromatic N) is 6. The van der Waals surface area contributed by atoms with Gasteiger partial charge in [0.2, 0.25) is 0 Å². The van der Waals surface area contributed by atoms with Crippen LogP contribution < -0.4 is 9.80 Å². The molecule has 2 aliphatic heterocycles. The summed E-state index contributed by atoms with van der Waals surface area (Å²) in [5.74, 6) is 0.531. The molecule has 0 aliphatic carbocycles. The van der Waals surface area contributed by atoms with Crippen LogP contribution in [0.3, 0.4) is 0 Å². The second-order valence-electron chi connectivity index (χ2n) is 11.6. The van der Waals surface area contributed by atoms with E-state index in [1.54, 1.807) is 11.2 Å². The van der Waals surface area contributed by atoms with Crippen LogP contribution in [-0.4, -0.2) is 103 Å². The fourth-order valence-electron chi connectivity index (χ4n) is 5.39. The summed E-state index contributed by atoms with van der Waals surface area (Å²) in [6, 6.07) is 6.08. The number of rotatable bonds is 7. The maximum atomic E-state index is 13.1. The summed E-state index contributed by atoms with van der Waals surface area (Å²) in [5.41, 5.74) is 3.37. The van der Waals surface area contributed by atoms with Crippen LogP contribution in [0.25, 0.3) is 11.3 Å². The SMILES string of the molecule is CCOC(=O)c1cc(-c2cc(N3CCN(C)CC3)ncn2)cc(N(CC)C2CCN(C(=O)OC(C)(C)C)C2)c1C. The van der Waals surface area contributed by atoms with Gasteiger partial charge in [0.05, 0.1) is 17.9 Å². The van der Waals surface area contributed by atoms with Gasteiger partial charge in [-0.25, -0.2) is 19.6 Å². The van der Waals surface area contributed by atoms with Crippen molar-refractivity contribution in [2.24, 2.45) is 0 Å². The summed E-state index contributed by atoms with van der Waals surface area (Å²) in [6.07, 6.45) is 2.12. The second kappa shape index (κ2) is 12.4. The van der Waals surface area contributed by atoms with E-state index < -0.39 is 5.60 Å². The molecule has 218 valence electrons. The van der Waals surface area contributed by atoms with Gasteiger partial charge in [-0.05, 0) is 72.7 Å². The van der Waals surface area contributed by atoms with E-state index in [1.807, 2.05) is 46.8 Å². The zero-order valence-corrected chi connectivity index (χ0v) is 25.1. The molecule has 10 nitrogen and oxygen atoms in total. The number of likely N-dealkylation sites (tertiary alicyclic amines) is 1. The smallest absolute Gasteiger partial charge is 0.410 e. The van der Waals surface area contributed by atoms with Crippen molar-refractivity contribution < 1.29 is 19.1 Å². The molecular formula is C30H44N6O4. The molecule has 0 spiro atoms. The Morgan fingerprint density at radius 1 is 1.05 bits per heavy atom. The first-order valence-electron chi connectivity index (χ1n) is 14.3. The third kappa shape index (κ3) is 6.83. The van der Waals surface area contributed by atoms with Gasteiger partial charge in [0, 0.05) is 69.2 Å². The van der Waals surface area contributed by atoms with Crippen molar-refractivity contribution in [3.8, 4) is 11.3 Å². The van der Waals surface area contributed by atoms with Crippen molar-refractivity contribution in [2.75, 3.05) is 69.3 Å². The third-order valence-corrected chi connectivity index (χ3v) is 7.56. The number of carbonyl (C=O) groups excluding carboxylic acids is 2. The number of benzene rings is 1. The van der Waals surface area contributed by atoms with E-state index in [0.717, 1.165) is 67.5 Å². The topological polar surface area (TPSA) is 91.3 Å². The van der Waals surface area contributed by atoms with Crippen LogP contribution in [-0.2, 0) is 9.47 Å². The molecular weight excluding hydrogens is 508 g/mol. The minimum Gasteiger partial charge on any atom is -0.462 e. The number of aromatic nitrogens is 2. The summed E-state index contributed by atoms with van der Waals surface area (Å²) < 4.78 is 11.1. The standard InChI is InChI=1S/C30H44N6O4/c1-8-36(23-10-11-35(19-23)29(38)40-30(4,5)6)26-17-22(16-24(21(26)3)28(37)39-9-2)25-18-27(32-20-31-25)34-14-12-33(7)13-15-34/h16-18,20,23H,8-15,19H2,1-7H3. The summed E-state index contributed by atoms with van der Waals surface area (Å²) in [6.45, 7) is 17.5. The number of likely N-dealkylation sites (N-methyl/N-ethyl adjacent to an activating group) is 2. The average molecular weight is 553 g/mol. The minimum absolute atomic E-state index is 0.0906. The first-order chi connectivity index (χ1) is 19.0. The van der Waals surface area contributed by atoms with Crippen molar-refractivity contribution in [3.05, 3.63) is 35.7 Å². The second-order valence-corrected chi connectivity index (χ2v) is 11.6. The molecule has 0 radical (unpaired) electrons. The van der Waals surface area contributed by atoms with Crippen LogP contribution in [0.2, 0.25) is 0 Å². The van der Waals surface area contributed by atoms with Gasteiger partial charge in [0.15, 0.2) is 0 Å². The van der Waals surface area contributed by atoms with Crippen LogP contribution in [0.5, 0.6) is 0 Å². The van der Waals surface area contributed by atoms with Crippen molar-refractivity contribution >= 4 is 23.6 Å². The van der Waals surface area contributed by atoms with Gasteiger partial charge in [-0.15, -0.1) is 0 Å². The fraction of sp³-hybridized carbons (Fsp3) is 0.600. The molecule has 2 fully saturated rings. The van der Waals surface area contributed by atoms with Crippen LogP contribution in [0.1, 0.15) is 57.0 Å². The Balaban J connectivity index is 1.68. The van der Waals surface area contributed by atoms with Gasteiger partial charge in [0.1, 0.15) is 17.7 Å². The highest BCUT2D eigenvalue weighted by atomic mass is 16.6. The van der Waals surface area contributed by atoms with E-state index >= 15 is 0 Å². The molecule has 2 aromatic rings. The van der Waals surface area contributed by atoms with Crippen LogP contribution in [0.4, 0.5) is 16.3 Å². The van der Waals surface area contributed by atoms with Crippen molar-refractivity contribution in [2.45, 2.75) is 59.6 Å². The number of piperazine rings is 1. The minimum atomic E-state index is -0.542. The lowest BCUT2D eigenvalue weighted by molar-refractivity contribution is 0.0292. The lowest BCUT2D eigenvalue weighted by Gasteiger charge is -2.33. The Kier molecular flexibility index (Phi) is 9.18. The first kappa shape index (κ1) is 29.6. The highest BCUT2D eigenvalue weighted by molar-refractivity contribution is 5.95. The van der Waals surface area contributed by atoms with Crippen LogP contribution in [0.15, 0.2) is 24.5 Å². The van der Waals surface area contributed by atoms with Crippen molar-refractivity contribution in [1.82, 2.24) is 19.8 Å². The molecule has 2 saturated heterocycles. The van der Waals surface area contributed by atoms with Crippen LogP contribution >= 0.6 is 0 Å². The lowest BCUT2D eigenvalue weighted by atomic mass is 9.98. The van der Waals surface area contributed by atoms with Crippen molar-refractivity contribution in [1.29, 1.82) is 0 Å². The van der Waals surface area contributed by atoms with E-state index in [9.17, 15) is 9.59 Å². The zero-order chi connectivity index (χ0) is 29.0. The number of hydrogen-bond donors (Lipinski definition) is 0. The molecule has 0 saturated carbocycles. The third-order valence-electron chi connectivity index (χ3n) is 7.56. The lowest BCUT2D eigenvalue weighted by Crippen LogP contribution is -2.44. The van der Waals surface area contributed by atoms with E-state index in [0.29, 0.717) is 25.3 Å². The highest BCUT2D eigenvalue weighted by Crippen LogP contribution is 2.34.